The van der Waals surface area contributed by atoms with Crippen LogP contribution in [0.5, 0.6) is 0 Å². The number of fused-ring (bicyclic) bond motifs is 2. The first-order valence-electron chi connectivity index (χ1n) is 7.55. The number of carbonyl (C=O) groups excluding carboxylic acids is 1. The number of carbonyl (C=O) groups is 1. The van der Waals surface area contributed by atoms with Crippen LogP contribution in [0.15, 0.2) is 57.9 Å². The summed E-state index contributed by atoms with van der Waals surface area (Å²) in [5.41, 5.74) is 0.608. The molecule has 0 atom stereocenters. The van der Waals surface area contributed by atoms with Gasteiger partial charge in [0.1, 0.15) is 17.1 Å². The first-order valence-corrected chi connectivity index (χ1v) is 9.53. The molecule has 1 aromatic carbocycles. The normalized spacial score (nSPS) is 11.2. The summed E-state index contributed by atoms with van der Waals surface area (Å²) in [6.45, 7) is -0.106. The minimum Gasteiger partial charge on any atom is -0.455 e. The van der Waals surface area contributed by atoms with Gasteiger partial charge in [-0.15, -0.1) is 11.3 Å². The number of esters is 1. The van der Waals surface area contributed by atoms with Crippen molar-refractivity contribution in [1.29, 1.82) is 0 Å². The molecule has 0 aliphatic carbocycles. The fourth-order valence-corrected chi connectivity index (χ4v) is 4.29. The molecule has 0 aliphatic rings. The fraction of sp³-hybridized carbons (Fsp3) is 0.0556. The van der Waals surface area contributed by atoms with Crippen molar-refractivity contribution in [2.45, 2.75) is 6.61 Å². The lowest BCUT2D eigenvalue weighted by molar-refractivity contribution is 0.0474. The Bertz CT molecular complexity index is 1220. The van der Waals surface area contributed by atoms with Crippen LogP contribution >= 0.6 is 38.9 Å². The van der Waals surface area contributed by atoms with E-state index in [1.165, 1.54) is 21.8 Å². The molecule has 3 aromatic heterocycles. The van der Waals surface area contributed by atoms with Crippen molar-refractivity contribution < 1.29 is 9.53 Å². The predicted molar refractivity (Wildman–Crippen MR) is 105 cm³/mol. The Kier molecular flexibility index (Phi) is 4.52. The molecular weight excluding hydrogens is 440 g/mol. The molecular formula is C18H10BrClN2O3S. The maximum Gasteiger partial charge on any atom is 0.350 e. The van der Waals surface area contributed by atoms with E-state index in [4.69, 9.17) is 16.3 Å². The Hall–Kier alpha value is -2.22. The van der Waals surface area contributed by atoms with Gasteiger partial charge in [-0.05, 0) is 34.1 Å². The number of rotatable bonds is 3. The lowest BCUT2D eigenvalue weighted by atomic mass is 10.2. The van der Waals surface area contributed by atoms with Gasteiger partial charge in [-0.1, -0.05) is 29.8 Å². The van der Waals surface area contributed by atoms with E-state index in [1.807, 2.05) is 24.3 Å². The zero-order valence-electron chi connectivity index (χ0n) is 13.1. The number of hydrogen-bond acceptors (Lipinski definition) is 5. The van der Waals surface area contributed by atoms with Crippen LogP contribution in [-0.2, 0) is 11.3 Å². The average Bonchev–Trinajstić information content (AvgIpc) is 2.97. The van der Waals surface area contributed by atoms with Gasteiger partial charge >= 0.3 is 5.97 Å². The van der Waals surface area contributed by atoms with Crippen LogP contribution in [0.2, 0.25) is 5.02 Å². The van der Waals surface area contributed by atoms with Crippen molar-refractivity contribution in [3.8, 4) is 0 Å². The summed E-state index contributed by atoms with van der Waals surface area (Å²) in [5, 5.41) is 1.20. The minimum atomic E-state index is -0.533. The van der Waals surface area contributed by atoms with Crippen molar-refractivity contribution in [1.82, 2.24) is 9.38 Å². The summed E-state index contributed by atoms with van der Waals surface area (Å²) in [6.07, 6.45) is 1.64. The van der Waals surface area contributed by atoms with E-state index in [2.05, 4.69) is 20.9 Å². The smallest absolute Gasteiger partial charge is 0.350 e. The largest absolute Gasteiger partial charge is 0.455 e. The summed E-state index contributed by atoms with van der Waals surface area (Å²) >= 11 is 10.9. The van der Waals surface area contributed by atoms with Crippen LogP contribution in [0.25, 0.3) is 15.7 Å². The second-order valence-electron chi connectivity index (χ2n) is 5.48. The maximum absolute atomic E-state index is 12.4. The summed E-state index contributed by atoms with van der Waals surface area (Å²) in [7, 11) is 0. The first-order chi connectivity index (χ1) is 12.5. The monoisotopic (exact) mass is 448 g/mol. The fourth-order valence-electron chi connectivity index (χ4n) is 2.55. The lowest BCUT2D eigenvalue weighted by Crippen LogP contribution is -2.16. The average molecular weight is 450 g/mol. The molecule has 0 saturated carbocycles. The number of aromatic nitrogens is 2. The number of thiophene rings is 1. The van der Waals surface area contributed by atoms with E-state index in [9.17, 15) is 9.59 Å². The Balaban J connectivity index is 1.59. The number of hydrogen-bond donors (Lipinski definition) is 0. The molecule has 5 nitrogen and oxygen atoms in total. The second-order valence-corrected chi connectivity index (χ2v) is 7.82. The molecule has 26 heavy (non-hydrogen) atoms. The number of pyridine rings is 1. The van der Waals surface area contributed by atoms with Crippen molar-refractivity contribution in [2.75, 3.05) is 0 Å². The molecule has 0 spiro atoms. The van der Waals surface area contributed by atoms with Crippen LogP contribution in [0.3, 0.4) is 0 Å². The zero-order valence-corrected chi connectivity index (χ0v) is 16.3. The van der Waals surface area contributed by atoms with Gasteiger partial charge in [-0.2, -0.15) is 0 Å². The molecule has 130 valence electrons. The van der Waals surface area contributed by atoms with E-state index in [1.54, 1.807) is 18.3 Å². The number of halogens is 2. The number of benzene rings is 1. The summed E-state index contributed by atoms with van der Waals surface area (Å²) in [4.78, 5) is 29.3. The van der Waals surface area contributed by atoms with E-state index in [-0.39, 0.29) is 12.2 Å². The van der Waals surface area contributed by atoms with E-state index in [0.717, 1.165) is 14.6 Å². The molecule has 0 bridgehead atoms. The van der Waals surface area contributed by atoms with Crippen LogP contribution in [0.4, 0.5) is 0 Å². The molecule has 0 N–H and O–H groups in total. The zero-order chi connectivity index (χ0) is 18.3. The Labute approximate surface area is 164 Å². The molecule has 0 unspecified atom stereocenters. The van der Waals surface area contributed by atoms with Gasteiger partial charge in [-0.3, -0.25) is 9.20 Å². The van der Waals surface area contributed by atoms with Gasteiger partial charge in [0.05, 0.1) is 10.7 Å². The minimum absolute atomic E-state index is 0.106. The Morgan fingerprint density at radius 1 is 1.27 bits per heavy atom. The van der Waals surface area contributed by atoms with Gasteiger partial charge in [0.25, 0.3) is 5.56 Å². The van der Waals surface area contributed by atoms with Crippen LogP contribution in [0.1, 0.15) is 15.4 Å². The van der Waals surface area contributed by atoms with Crippen molar-refractivity contribution in [2.24, 2.45) is 0 Å². The van der Waals surface area contributed by atoms with Crippen LogP contribution in [0, 0.1) is 0 Å². The molecule has 0 fully saturated rings. The Morgan fingerprint density at radius 3 is 2.88 bits per heavy atom. The Morgan fingerprint density at radius 2 is 2.08 bits per heavy atom. The van der Waals surface area contributed by atoms with E-state index < -0.39 is 5.97 Å². The lowest BCUT2D eigenvalue weighted by Gasteiger charge is -2.06. The van der Waals surface area contributed by atoms with Gasteiger partial charge in [0, 0.05) is 26.8 Å². The van der Waals surface area contributed by atoms with Crippen LogP contribution in [-0.4, -0.2) is 15.4 Å². The third-order valence-corrected chi connectivity index (χ3v) is 5.87. The topological polar surface area (TPSA) is 60.7 Å². The summed E-state index contributed by atoms with van der Waals surface area (Å²) in [6, 6.07) is 12.3. The van der Waals surface area contributed by atoms with Crippen molar-refractivity contribution >= 4 is 60.6 Å². The van der Waals surface area contributed by atoms with Gasteiger partial charge in [-0.25, -0.2) is 9.78 Å². The molecule has 4 rings (SSSR count). The molecule has 0 saturated heterocycles. The number of nitrogens with zero attached hydrogens (tertiary/aromatic N) is 2. The van der Waals surface area contributed by atoms with Gasteiger partial charge < -0.3 is 4.74 Å². The molecule has 4 aromatic rings. The highest BCUT2D eigenvalue weighted by atomic mass is 79.9. The summed E-state index contributed by atoms with van der Waals surface area (Å²) in [5.74, 6) is -0.533. The molecule has 0 radical (unpaired) electrons. The highest BCUT2D eigenvalue weighted by Crippen LogP contribution is 2.35. The third kappa shape index (κ3) is 3.13. The van der Waals surface area contributed by atoms with Crippen LogP contribution < -0.4 is 5.56 Å². The van der Waals surface area contributed by atoms with Crippen molar-refractivity contribution in [3.63, 3.8) is 0 Å². The quantitative estimate of drug-likeness (QED) is 0.426. The maximum atomic E-state index is 12.4. The number of ether oxygens (including phenoxy) is 1. The molecule has 0 amide bonds. The third-order valence-electron chi connectivity index (χ3n) is 3.75. The van der Waals surface area contributed by atoms with Crippen molar-refractivity contribution in [3.05, 3.63) is 79.1 Å². The van der Waals surface area contributed by atoms with Gasteiger partial charge in [0.2, 0.25) is 0 Å². The molecule has 0 aliphatic heterocycles. The molecule has 8 heteroatoms. The highest BCUT2D eigenvalue weighted by Gasteiger charge is 2.18. The SMILES string of the molecule is O=C(OCc1cc(=O)n2cc(Br)ccc2n1)c1sc2ccccc2c1Cl. The molecule has 3 heterocycles. The second kappa shape index (κ2) is 6.83. The first kappa shape index (κ1) is 17.2. The van der Waals surface area contributed by atoms with E-state index in [0.29, 0.717) is 21.2 Å². The predicted octanol–water partition coefficient (Wildman–Crippen LogP) is 4.68. The van der Waals surface area contributed by atoms with Gasteiger partial charge in [0.15, 0.2) is 0 Å². The van der Waals surface area contributed by atoms with E-state index >= 15 is 0 Å². The standard InChI is InChI=1S/C18H10BrClN2O3S/c19-10-5-6-14-21-11(7-15(23)22(14)8-10)9-25-18(24)17-16(20)12-3-1-2-4-13(12)26-17/h1-8H,9H2. The highest BCUT2D eigenvalue weighted by molar-refractivity contribution is 9.10. The summed E-state index contributed by atoms with van der Waals surface area (Å²) < 4.78 is 8.42.